The number of amides is 2. The van der Waals surface area contributed by atoms with E-state index in [1.165, 1.54) is 0 Å². The molecule has 0 spiro atoms. The molecule has 2 amide bonds. The number of carbonyl (C=O) groups excluding carboxylic acids is 2. The van der Waals surface area contributed by atoms with Crippen LogP contribution in [0.25, 0.3) is 0 Å². The molecular weight excluding hydrogens is 264 g/mol. The summed E-state index contributed by atoms with van der Waals surface area (Å²) in [5.41, 5.74) is 1.56. The van der Waals surface area contributed by atoms with Crippen LogP contribution in [0.4, 0.5) is 11.4 Å². The van der Waals surface area contributed by atoms with Gasteiger partial charge in [-0.2, -0.15) is 0 Å². The molecule has 1 heterocycles. The maximum Gasteiger partial charge on any atom is 0.227 e. The largest absolute Gasteiger partial charge is 0.324 e. The number of hydrogen-bond donors (Lipinski definition) is 1. The van der Waals surface area contributed by atoms with Crippen LogP contribution in [0.2, 0.25) is 0 Å². The predicted molar refractivity (Wildman–Crippen MR) is 83.1 cm³/mol. The summed E-state index contributed by atoms with van der Waals surface area (Å²) in [6.07, 6.45) is 8.34. The monoisotopic (exact) mass is 284 g/mol. The van der Waals surface area contributed by atoms with Gasteiger partial charge in [0.2, 0.25) is 11.8 Å². The minimum absolute atomic E-state index is 0.0392. The zero-order chi connectivity index (χ0) is 14.7. The van der Waals surface area contributed by atoms with E-state index >= 15 is 0 Å². The Morgan fingerprint density at radius 2 is 2.10 bits per heavy atom. The number of benzene rings is 1. The van der Waals surface area contributed by atoms with E-state index in [2.05, 4.69) is 17.5 Å². The Hall–Kier alpha value is -2.10. The number of carbonyl (C=O) groups is 2. The van der Waals surface area contributed by atoms with Gasteiger partial charge in [0, 0.05) is 18.9 Å². The first kappa shape index (κ1) is 13.9. The highest BCUT2D eigenvalue weighted by Gasteiger charge is 2.25. The van der Waals surface area contributed by atoms with Gasteiger partial charge in [-0.25, -0.2) is 0 Å². The predicted octanol–water partition coefficient (Wildman–Crippen LogP) is 3.11. The molecule has 0 aromatic heterocycles. The highest BCUT2D eigenvalue weighted by atomic mass is 16.2. The number of nitrogens with one attached hydrogen (secondary N) is 1. The topological polar surface area (TPSA) is 49.4 Å². The first-order chi connectivity index (χ1) is 10.3. The molecule has 1 atom stereocenters. The van der Waals surface area contributed by atoms with Crippen molar-refractivity contribution in [3.63, 3.8) is 0 Å². The maximum absolute atomic E-state index is 12.4. The highest BCUT2D eigenvalue weighted by Crippen LogP contribution is 2.30. The fraction of sp³-hybridized carbons (Fsp3) is 0.412. The van der Waals surface area contributed by atoms with Crippen LogP contribution in [0, 0.1) is 5.92 Å². The zero-order valence-corrected chi connectivity index (χ0v) is 12.0. The quantitative estimate of drug-likeness (QED) is 0.867. The second-order valence-electron chi connectivity index (χ2n) is 5.64. The Morgan fingerprint density at radius 1 is 1.24 bits per heavy atom. The van der Waals surface area contributed by atoms with Gasteiger partial charge in [-0.15, -0.1) is 0 Å². The molecule has 1 aliphatic heterocycles. The van der Waals surface area contributed by atoms with Crippen LogP contribution in [0.3, 0.4) is 0 Å². The molecule has 21 heavy (non-hydrogen) atoms. The third-order valence-corrected chi connectivity index (χ3v) is 4.17. The number of anilines is 2. The lowest BCUT2D eigenvalue weighted by Gasteiger charge is -2.22. The summed E-state index contributed by atoms with van der Waals surface area (Å²) in [5.74, 6) is 0.230. The molecule has 3 rings (SSSR count). The van der Waals surface area contributed by atoms with Crippen LogP contribution in [-0.4, -0.2) is 18.4 Å². The highest BCUT2D eigenvalue weighted by molar-refractivity contribution is 6.02. The molecule has 0 saturated carbocycles. The summed E-state index contributed by atoms with van der Waals surface area (Å²) in [6.45, 7) is 0.734. The van der Waals surface area contributed by atoms with Crippen molar-refractivity contribution in [3.8, 4) is 0 Å². The van der Waals surface area contributed by atoms with Crippen LogP contribution < -0.4 is 10.2 Å². The fourth-order valence-corrected chi connectivity index (χ4v) is 2.98. The smallest absolute Gasteiger partial charge is 0.227 e. The van der Waals surface area contributed by atoms with Crippen molar-refractivity contribution in [2.24, 2.45) is 5.92 Å². The van der Waals surface area contributed by atoms with Gasteiger partial charge >= 0.3 is 0 Å². The Morgan fingerprint density at radius 3 is 2.81 bits per heavy atom. The minimum Gasteiger partial charge on any atom is -0.324 e. The molecule has 1 saturated heterocycles. The van der Waals surface area contributed by atoms with E-state index in [4.69, 9.17) is 0 Å². The van der Waals surface area contributed by atoms with Crippen molar-refractivity contribution in [1.82, 2.24) is 0 Å². The number of para-hydroxylation sites is 2. The van der Waals surface area contributed by atoms with Crippen molar-refractivity contribution in [2.75, 3.05) is 16.8 Å². The van der Waals surface area contributed by atoms with Gasteiger partial charge in [-0.1, -0.05) is 24.3 Å². The summed E-state index contributed by atoms with van der Waals surface area (Å²) >= 11 is 0. The summed E-state index contributed by atoms with van der Waals surface area (Å²) in [4.78, 5) is 26.1. The van der Waals surface area contributed by atoms with Gasteiger partial charge in [0.15, 0.2) is 0 Å². The van der Waals surface area contributed by atoms with E-state index in [-0.39, 0.29) is 17.7 Å². The van der Waals surface area contributed by atoms with E-state index in [1.54, 1.807) is 4.90 Å². The van der Waals surface area contributed by atoms with E-state index < -0.39 is 0 Å². The molecular formula is C17H20N2O2. The third kappa shape index (κ3) is 2.99. The van der Waals surface area contributed by atoms with Gasteiger partial charge in [0.05, 0.1) is 11.4 Å². The number of hydrogen-bond acceptors (Lipinski definition) is 2. The van der Waals surface area contributed by atoms with E-state index in [1.807, 2.05) is 24.3 Å². The molecule has 1 aliphatic carbocycles. The van der Waals surface area contributed by atoms with E-state index in [0.29, 0.717) is 6.42 Å². The first-order valence-corrected chi connectivity index (χ1v) is 7.61. The average Bonchev–Trinajstić information content (AvgIpc) is 2.95. The molecule has 0 radical (unpaired) electrons. The van der Waals surface area contributed by atoms with Crippen molar-refractivity contribution in [1.29, 1.82) is 0 Å². The molecule has 110 valence electrons. The summed E-state index contributed by atoms with van der Waals surface area (Å²) in [5, 5.41) is 3.01. The van der Waals surface area contributed by atoms with Gasteiger partial charge in [-0.3, -0.25) is 9.59 Å². The maximum atomic E-state index is 12.4. The second-order valence-corrected chi connectivity index (χ2v) is 5.64. The molecule has 1 unspecified atom stereocenters. The summed E-state index contributed by atoms with van der Waals surface area (Å²) < 4.78 is 0. The molecule has 1 aromatic rings. The van der Waals surface area contributed by atoms with Gasteiger partial charge in [-0.05, 0) is 37.8 Å². The van der Waals surface area contributed by atoms with Gasteiger partial charge in [0.25, 0.3) is 0 Å². The fourth-order valence-electron chi connectivity index (χ4n) is 2.98. The minimum atomic E-state index is 0.0392. The Balaban J connectivity index is 1.77. The van der Waals surface area contributed by atoms with Crippen LogP contribution >= 0.6 is 0 Å². The van der Waals surface area contributed by atoms with E-state index in [0.717, 1.165) is 43.6 Å². The molecule has 0 bridgehead atoms. The standard InChI is InChI=1S/C17H20N2O2/c20-16-11-6-12-19(16)15-10-5-4-9-14(15)18-17(21)13-7-2-1-3-8-13/h1-2,4-5,9-10,13H,3,6-8,11-12H2,(H,18,21). The van der Waals surface area contributed by atoms with Crippen LogP contribution in [0.15, 0.2) is 36.4 Å². The molecule has 1 fully saturated rings. The summed E-state index contributed by atoms with van der Waals surface area (Å²) in [6, 6.07) is 7.57. The van der Waals surface area contributed by atoms with Crippen LogP contribution in [0.5, 0.6) is 0 Å². The van der Waals surface area contributed by atoms with Gasteiger partial charge < -0.3 is 10.2 Å². The lowest BCUT2D eigenvalue weighted by atomic mass is 9.93. The zero-order valence-electron chi connectivity index (χ0n) is 12.0. The SMILES string of the molecule is O=C(Nc1ccccc1N1CCCC1=O)C1CC=CCC1. The molecule has 1 N–H and O–H groups in total. The van der Waals surface area contributed by atoms with Gasteiger partial charge in [0.1, 0.15) is 0 Å². The second kappa shape index (κ2) is 6.12. The van der Waals surface area contributed by atoms with Crippen molar-refractivity contribution in [2.45, 2.75) is 32.1 Å². The molecule has 4 nitrogen and oxygen atoms in total. The molecule has 4 heteroatoms. The number of nitrogens with zero attached hydrogens (tertiary/aromatic N) is 1. The van der Waals surface area contributed by atoms with Crippen molar-refractivity contribution >= 4 is 23.2 Å². The number of rotatable bonds is 3. The number of allylic oxidation sites excluding steroid dienone is 2. The lowest BCUT2D eigenvalue weighted by Crippen LogP contribution is -2.28. The summed E-state index contributed by atoms with van der Waals surface area (Å²) in [7, 11) is 0. The van der Waals surface area contributed by atoms with Crippen molar-refractivity contribution in [3.05, 3.63) is 36.4 Å². The Kier molecular flexibility index (Phi) is 4.04. The van der Waals surface area contributed by atoms with E-state index in [9.17, 15) is 9.59 Å². The third-order valence-electron chi connectivity index (χ3n) is 4.17. The average molecular weight is 284 g/mol. The van der Waals surface area contributed by atoms with Crippen LogP contribution in [0.1, 0.15) is 32.1 Å². The normalized spacial score (nSPS) is 21.6. The van der Waals surface area contributed by atoms with Crippen molar-refractivity contribution < 1.29 is 9.59 Å². The Bertz CT molecular complexity index is 580. The van der Waals surface area contributed by atoms with Crippen LogP contribution in [-0.2, 0) is 9.59 Å². The lowest BCUT2D eigenvalue weighted by molar-refractivity contribution is -0.120. The Labute approximate surface area is 124 Å². The first-order valence-electron chi connectivity index (χ1n) is 7.61. The molecule has 1 aromatic carbocycles. The molecule has 2 aliphatic rings.